The molecule has 0 aromatic rings. The Bertz CT molecular complexity index is 359. The van der Waals surface area contributed by atoms with Crippen molar-refractivity contribution in [3.8, 4) is 0 Å². The second-order valence-corrected chi connectivity index (χ2v) is 4.96. The van der Waals surface area contributed by atoms with E-state index in [9.17, 15) is 9.59 Å². The molecule has 1 saturated heterocycles. The molecule has 0 aromatic carbocycles. The van der Waals surface area contributed by atoms with Gasteiger partial charge in [0.15, 0.2) is 0 Å². The van der Waals surface area contributed by atoms with Gasteiger partial charge in [0.2, 0.25) is 0 Å². The van der Waals surface area contributed by atoms with Gasteiger partial charge in [-0.3, -0.25) is 9.59 Å². The Morgan fingerprint density at radius 3 is 2.00 bits per heavy atom. The zero-order valence-electron chi connectivity index (χ0n) is 7.60. The summed E-state index contributed by atoms with van der Waals surface area (Å²) in [5.41, 5.74) is 0.296. The summed E-state index contributed by atoms with van der Waals surface area (Å²) in [6, 6.07) is 0. The number of carbonyl (C=O) groups is 2. The SMILES string of the molecule is O=C1OC(=O)[C@@H]2[C@@H]1[C@@H]1C=C[C@@H]2C12CC2. The maximum absolute atomic E-state index is 11.5. The van der Waals surface area contributed by atoms with E-state index < -0.39 is 0 Å². The molecule has 4 rings (SSSR count). The zero-order valence-corrected chi connectivity index (χ0v) is 7.60. The number of fused-ring (bicyclic) bond motifs is 3. The minimum atomic E-state index is -0.275. The van der Waals surface area contributed by atoms with Crippen LogP contribution in [0.2, 0.25) is 0 Å². The molecule has 72 valence electrons. The minimum Gasteiger partial charge on any atom is -0.393 e. The highest BCUT2D eigenvalue weighted by atomic mass is 16.6. The molecule has 3 aliphatic carbocycles. The molecule has 0 aromatic heterocycles. The zero-order chi connectivity index (χ0) is 9.50. The van der Waals surface area contributed by atoms with Crippen LogP contribution in [0.5, 0.6) is 0 Å². The van der Waals surface area contributed by atoms with Gasteiger partial charge in [-0.15, -0.1) is 0 Å². The van der Waals surface area contributed by atoms with Crippen LogP contribution in [-0.4, -0.2) is 11.9 Å². The lowest BCUT2D eigenvalue weighted by atomic mass is 9.85. The Morgan fingerprint density at radius 2 is 1.57 bits per heavy atom. The van der Waals surface area contributed by atoms with E-state index in [-0.39, 0.29) is 23.8 Å². The largest absolute Gasteiger partial charge is 0.393 e. The first kappa shape index (κ1) is 7.21. The van der Waals surface area contributed by atoms with Gasteiger partial charge in [-0.25, -0.2) is 0 Å². The Kier molecular flexibility index (Phi) is 0.932. The van der Waals surface area contributed by atoms with E-state index in [4.69, 9.17) is 4.74 Å². The van der Waals surface area contributed by atoms with Crippen molar-refractivity contribution in [2.45, 2.75) is 12.8 Å². The standard InChI is InChI=1S/C11H10O3/c12-9-7-5-1-2-6(11(5)3-4-11)8(7)10(13)14-9/h1-2,5-8H,3-4H2/t5-,6-,7-,8-/m0/s1. The topological polar surface area (TPSA) is 43.4 Å². The van der Waals surface area contributed by atoms with Crippen molar-refractivity contribution in [2.24, 2.45) is 29.1 Å². The lowest BCUT2D eigenvalue weighted by Gasteiger charge is -2.15. The van der Waals surface area contributed by atoms with Crippen LogP contribution in [0.4, 0.5) is 0 Å². The number of ether oxygens (including phenoxy) is 1. The molecule has 3 nitrogen and oxygen atoms in total. The summed E-state index contributed by atoms with van der Waals surface area (Å²) < 4.78 is 4.71. The van der Waals surface area contributed by atoms with Crippen molar-refractivity contribution in [2.75, 3.05) is 0 Å². The number of carbonyl (C=O) groups excluding carboxylic acids is 2. The van der Waals surface area contributed by atoms with Crippen LogP contribution in [0.1, 0.15) is 12.8 Å². The number of hydrogen-bond donors (Lipinski definition) is 0. The van der Waals surface area contributed by atoms with Gasteiger partial charge in [0, 0.05) is 0 Å². The van der Waals surface area contributed by atoms with Crippen LogP contribution in [0.3, 0.4) is 0 Å². The average molecular weight is 190 g/mol. The highest BCUT2D eigenvalue weighted by Crippen LogP contribution is 2.73. The first-order valence-electron chi connectivity index (χ1n) is 5.18. The third-order valence-electron chi connectivity index (χ3n) is 4.59. The first-order valence-corrected chi connectivity index (χ1v) is 5.18. The summed E-state index contributed by atoms with van der Waals surface area (Å²) in [5, 5.41) is 0. The van der Waals surface area contributed by atoms with Crippen LogP contribution in [-0.2, 0) is 14.3 Å². The predicted octanol–water partition coefficient (Wildman–Crippen LogP) is 0.898. The van der Waals surface area contributed by atoms with E-state index in [1.54, 1.807) is 0 Å². The molecule has 3 fully saturated rings. The van der Waals surface area contributed by atoms with Crippen LogP contribution in [0, 0.1) is 29.1 Å². The molecule has 2 bridgehead atoms. The fourth-order valence-electron chi connectivity index (χ4n) is 3.88. The van der Waals surface area contributed by atoms with Gasteiger partial charge in [0.25, 0.3) is 0 Å². The fourth-order valence-corrected chi connectivity index (χ4v) is 3.88. The molecule has 0 amide bonds. The number of cyclic esters (lactones) is 2. The molecule has 0 unspecified atom stereocenters. The van der Waals surface area contributed by atoms with Crippen molar-refractivity contribution in [3.63, 3.8) is 0 Å². The van der Waals surface area contributed by atoms with Crippen LogP contribution in [0.15, 0.2) is 12.2 Å². The number of allylic oxidation sites excluding steroid dienone is 2. The maximum Gasteiger partial charge on any atom is 0.318 e. The second-order valence-electron chi connectivity index (χ2n) is 4.96. The summed E-state index contributed by atoms with van der Waals surface area (Å²) >= 11 is 0. The summed E-state index contributed by atoms with van der Waals surface area (Å²) in [7, 11) is 0. The van der Waals surface area contributed by atoms with Crippen molar-refractivity contribution < 1.29 is 14.3 Å². The van der Waals surface area contributed by atoms with Gasteiger partial charge in [-0.2, -0.15) is 0 Å². The van der Waals surface area contributed by atoms with Gasteiger partial charge in [0.1, 0.15) is 0 Å². The smallest absolute Gasteiger partial charge is 0.318 e. The predicted molar refractivity (Wildman–Crippen MR) is 45.9 cm³/mol. The second kappa shape index (κ2) is 1.81. The molecule has 3 heteroatoms. The highest BCUT2D eigenvalue weighted by molar-refractivity contribution is 5.98. The van der Waals surface area contributed by atoms with Crippen molar-refractivity contribution in [3.05, 3.63) is 12.2 Å². The van der Waals surface area contributed by atoms with E-state index in [1.807, 2.05) is 0 Å². The molecule has 1 heterocycles. The average Bonchev–Trinajstić information content (AvgIpc) is 2.72. The lowest BCUT2D eigenvalue weighted by Crippen LogP contribution is -2.21. The molecule has 1 spiro atoms. The molecule has 14 heavy (non-hydrogen) atoms. The Hall–Kier alpha value is -1.12. The van der Waals surface area contributed by atoms with E-state index in [2.05, 4.69) is 12.2 Å². The van der Waals surface area contributed by atoms with Gasteiger partial charge in [-0.05, 0) is 30.1 Å². The molecular weight excluding hydrogens is 180 g/mol. The van der Waals surface area contributed by atoms with Crippen LogP contribution in [0.25, 0.3) is 0 Å². The molecular formula is C11H10O3. The van der Waals surface area contributed by atoms with Crippen molar-refractivity contribution in [1.29, 1.82) is 0 Å². The van der Waals surface area contributed by atoms with Gasteiger partial charge >= 0.3 is 11.9 Å². The summed E-state index contributed by atoms with van der Waals surface area (Å²) in [5.74, 6) is -0.223. The van der Waals surface area contributed by atoms with Gasteiger partial charge < -0.3 is 4.74 Å². The van der Waals surface area contributed by atoms with Crippen LogP contribution >= 0.6 is 0 Å². The Morgan fingerprint density at radius 1 is 1.07 bits per heavy atom. The first-order chi connectivity index (χ1) is 6.74. The molecule has 4 atom stereocenters. The van der Waals surface area contributed by atoms with E-state index in [0.29, 0.717) is 17.3 Å². The number of esters is 2. The normalized spacial score (nSPS) is 50.0. The third-order valence-corrected chi connectivity index (χ3v) is 4.59. The van der Waals surface area contributed by atoms with E-state index in [0.717, 1.165) is 0 Å². The number of hydrogen-bond acceptors (Lipinski definition) is 3. The summed E-state index contributed by atoms with van der Waals surface area (Å²) in [4.78, 5) is 23.0. The molecule has 4 aliphatic rings. The lowest BCUT2D eigenvalue weighted by molar-refractivity contribution is -0.155. The monoisotopic (exact) mass is 190 g/mol. The quantitative estimate of drug-likeness (QED) is 0.324. The van der Waals surface area contributed by atoms with Crippen molar-refractivity contribution in [1.82, 2.24) is 0 Å². The van der Waals surface area contributed by atoms with E-state index >= 15 is 0 Å². The molecule has 1 aliphatic heterocycles. The maximum atomic E-state index is 11.5. The summed E-state index contributed by atoms with van der Waals surface area (Å²) in [6.45, 7) is 0. The summed E-state index contributed by atoms with van der Waals surface area (Å²) in [6.07, 6.45) is 6.64. The van der Waals surface area contributed by atoms with Gasteiger partial charge in [0.05, 0.1) is 11.8 Å². The highest BCUT2D eigenvalue weighted by Gasteiger charge is 2.72. The van der Waals surface area contributed by atoms with Crippen LogP contribution < -0.4 is 0 Å². The third kappa shape index (κ3) is 0.527. The van der Waals surface area contributed by atoms with Gasteiger partial charge in [-0.1, -0.05) is 12.2 Å². The fraction of sp³-hybridized carbons (Fsp3) is 0.636. The van der Waals surface area contributed by atoms with E-state index in [1.165, 1.54) is 12.8 Å². The molecule has 0 radical (unpaired) electrons. The number of rotatable bonds is 0. The Balaban J connectivity index is 1.89. The minimum absolute atomic E-state index is 0.139. The molecule has 2 saturated carbocycles. The molecule has 0 N–H and O–H groups in total. The van der Waals surface area contributed by atoms with Crippen molar-refractivity contribution >= 4 is 11.9 Å². The Labute approximate surface area is 81.1 Å².